The molecule has 1 aromatic heterocycles. The lowest BCUT2D eigenvalue weighted by Crippen LogP contribution is -2.31. The first-order valence-electron chi connectivity index (χ1n) is 7.24. The zero-order valence-electron chi connectivity index (χ0n) is 12.4. The molecule has 2 rings (SSSR count). The van der Waals surface area contributed by atoms with Gasteiger partial charge in [0.2, 0.25) is 0 Å². The molecule has 2 atom stereocenters. The fourth-order valence-electron chi connectivity index (χ4n) is 2.62. The molecule has 3 nitrogen and oxygen atoms in total. The zero-order valence-corrected chi connectivity index (χ0v) is 13.2. The highest BCUT2D eigenvalue weighted by Crippen LogP contribution is 2.27. The summed E-state index contributed by atoms with van der Waals surface area (Å²) in [4.78, 5) is 7.84. The van der Waals surface area contributed by atoms with Crippen molar-refractivity contribution in [2.24, 2.45) is 5.92 Å². The van der Waals surface area contributed by atoms with E-state index in [1.54, 1.807) is 0 Å². The Morgan fingerprint density at radius 1 is 1.32 bits per heavy atom. The lowest BCUT2D eigenvalue weighted by molar-refractivity contribution is 0.348. The molecule has 2 N–H and O–H groups in total. The molecule has 1 heterocycles. The van der Waals surface area contributed by atoms with Crippen molar-refractivity contribution in [3.63, 3.8) is 0 Å². The Morgan fingerprint density at radius 3 is 2.63 bits per heavy atom. The first kappa shape index (κ1) is 14.5. The van der Waals surface area contributed by atoms with Gasteiger partial charge in [-0.25, -0.2) is 4.98 Å². The highest BCUT2D eigenvalue weighted by Gasteiger charge is 2.22. The van der Waals surface area contributed by atoms with Crippen LogP contribution in [0.2, 0.25) is 0 Å². The molecule has 0 aliphatic heterocycles. The maximum atomic E-state index is 5.28. The van der Waals surface area contributed by atoms with Crippen LogP contribution in [0.1, 0.15) is 59.2 Å². The van der Waals surface area contributed by atoms with Crippen LogP contribution in [0.4, 0.5) is 5.82 Å². The van der Waals surface area contributed by atoms with Crippen molar-refractivity contribution >= 4 is 18.0 Å². The van der Waals surface area contributed by atoms with Crippen molar-refractivity contribution in [3.05, 3.63) is 16.5 Å². The minimum absolute atomic E-state index is 0.0105. The van der Waals surface area contributed by atoms with Gasteiger partial charge in [-0.15, -0.1) is 0 Å². The molecule has 0 amide bonds. The van der Waals surface area contributed by atoms with Crippen LogP contribution in [0, 0.1) is 10.6 Å². The molecular formula is C15H25N3S. The summed E-state index contributed by atoms with van der Waals surface area (Å²) in [6.45, 7) is 8.77. The number of hydrogen-bond acceptors (Lipinski definition) is 3. The molecule has 1 saturated carbocycles. The van der Waals surface area contributed by atoms with Crippen LogP contribution in [-0.2, 0) is 5.41 Å². The summed E-state index contributed by atoms with van der Waals surface area (Å²) in [7, 11) is 0. The van der Waals surface area contributed by atoms with Crippen LogP contribution < -0.4 is 5.32 Å². The van der Waals surface area contributed by atoms with Gasteiger partial charge in [-0.2, -0.15) is 0 Å². The third-order valence-corrected chi connectivity index (χ3v) is 4.11. The summed E-state index contributed by atoms with van der Waals surface area (Å²) in [5.41, 5.74) is -0.0105. The lowest BCUT2D eigenvalue weighted by Gasteiger charge is -2.30. The molecule has 106 valence electrons. The molecule has 19 heavy (non-hydrogen) atoms. The van der Waals surface area contributed by atoms with E-state index in [-0.39, 0.29) is 5.41 Å². The van der Waals surface area contributed by atoms with Gasteiger partial charge < -0.3 is 10.3 Å². The monoisotopic (exact) mass is 279 g/mol. The van der Waals surface area contributed by atoms with E-state index in [1.807, 2.05) is 6.07 Å². The number of hydrogen-bond donors (Lipinski definition) is 2. The van der Waals surface area contributed by atoms with Crippen molar-refractivity contribution in [3.8, 4) is 0 Å². The van der Waals surface area contributed by atoms with Crippen LogP contribution in [0.15, 0.2) is 6.07 Å². The quantitative estimate of drug-likeness (QED) is 0.787. The Bertz CT molecular complexity index is 487. The molecule has 1 fully saturated rings. The predicted molar refractivity (Wildman–Crippen MR) is 83.2 cm³/mol. The normalized spacial score (nSPS) is 24.2. The largest absolute Gasteiger partial charge is 0.369 e. The number of rotatable bonds is 2. The first-order valence-corrected chi connectivity index (χ1v) is 7.65. The van der Waals surface area contributed by atoms with E-state index in [2.05, 4.69) is 43.0 Å². The molecule has 4 heteroatoms. The molecule has 0 aromatic carbocycles. The molecule has 1 aliphatic carbocycles. The first-order chi connectivity index (χ1) is 8.86. The minimum atomic E-state index is -0.0105. The maximum Gasteiger partial charge on any atom is 0.131 e. The molecular weight excluding hydrogens is 254 g/mol. The summed E-state index contributed by atoms with van der Waals surface area (Å²) in [5.74, 6) is 2.69. The number of H-pyrrole nitrogens is 1. The van der Waals surface area contributed by atoms with Gasteiger partial charge in [-0.1, -0.05) is 52.8 Å². The van der Waals surface area contributed by atoms with Gasteiger partial charge in [-0.3, -0.25) is 0 Å². The zero-order chi connectivity index (χ0) is 14.0. The number of anilines is 1. The van der Waals surface area contributed by atoms with Crippen LogP contribution >= 0.6 is 12.2 Å². The van der Waals surface area contributed by atoms with Crippen molar-refractivity contribution in [1.82, 2.24) is 9.97 Å². The van der Waals surface area contributed by atoms with E-state index in [9.17, 15) is 0 Å². The van der Waals surface area contributed by atoms with Gasteiger partial charge in [0.15, 0.2) is 0 Å². The molecule has 0 saturated heterocycles. The number of nitrogens with one attached hydrogen (secondary N) is 2. The Labute approximate surface area is 121 Å². The molecule has 0 bridgehead atoms. The van der Waals surface area contributed by atoms with Crippen LogP contribution in [-0.4, -0.2) is 16.0 Å². The van der Waals surface area contributed by atoms with Gasteiger partial charge in [-0.05, 0) is 18.8 Å². The predicted octanol–water partition coefficient (Wildman–Crippen LogP) is 4.43. The fraction of sp³-hybridized carbons (Fsp3) is 0.733. The Kier molecular flexibility index (Phi) is 4.29. The Hall–Kier alpha value is -0.900. The van der Waals surface area contributed by atoms with E-state index in [4.69, 9.17) is 12.2 Å². The SMILES string of the molecule is CC1CCCCC1Nc1cc(=S)nc(C(C)(C)C)[nH]1. The average molecular weight is 279 g/mol. The third-order valence-electron chi connectivity index (χ3n) is 3.91. The number of aromatic nitrogens is 2. The average Bonchev–Trinajstić information content (AvgIpc) is 2.30. The van der Waals surface area contributed by atoms with E-state index < -0.39 is 0 Å². The topological polar surface area (TPSA) is 40.7 Å². The Morgan fingerprint density at radius 2 is 2.00 bits per heavy atom. The van der Waals surface area contributed by atoms with Crippen LogP contribution in [0.25, 0.3) is 0 Å². The minimum Gasteiger partial charge on any atom is -0.369 e. The number of nitrogens with zero attached hydrogens (tertiary/aromatic N) is 1. The van der Waals surface area contributed by atoms with Gasteiger partial charge in [0.1, 0.15) is 16.3 Å². The number of aromatic amines is 1. The molecule has 1 aromatic rings. The molecule has 1 aliphatic rings. The van der Waals surface area contributed by atoms with Crippen molar-refractivity contribution in [2.75, 3.05) is 5.32 Å². The summed E-state index contributed by atoms with van der Waals surface area (Å²) in [6.07, 6.45) is 5.24. The molecule has 2 unspecified atom stereocenters. The smallest absolute Gasteiger partial charge is 0.131 e. The summed E-state index contributed by atoms with van der Waals surface area (Å²) in [5, 5.41) is 3.62. The van der Waals surface area contributed by atoms with E-state index in [1.165, 1.54) is 25.7 Å². The second-order valence-electron chi connectivity index (χ2n) is 6.74. The van der Waals surface area contributed by atoms with Gasteiger partial charge in [0, 0.05) is 17.5 Å². The molecule has 0 radical (unpaired) electrons. The van der Waals surface area contributed by atoms with Gasteiger partial charge >= 0.3 is 0 Å². The van der Waals surface area contributed by atoms with Crippen molar-refractivity contribution in [2.45, 2.75) is 64.8 Å². The van der Waals surface area contributed by atoms with E-state index in [0.717, 1.165) is 17.6 Å². The van der Waals surface area contributed by atoms with Gasteiger partial charge in [0.05, 0.1) is 0 Å². The van der Waals surface area contributed by atoms with Crippen molar-refractivity contribution < 1.29 is 0 Å². The second kappa shape index (κ2) is 5.61. The second-order valence-corrected chi connectivity index (χ2v) is 7.16. The summed E-state index contributed by atoms with van der Waals surface area (Å²) >= 11 is 5.28. The standard InChI is InChI=1S/C15H25N3S/c1-10-7-5-6-8-11(10)16-12-9-13(19)18-14(17-12)15(2,3)4/h9-11H,5-8H2,1-4H3,(H2,16,17,18,19). The highest BCUT2D eigenvalue weighted by molar-refractivity contribution is 7.71. The fourth-order valence-corrected chi connectivity index (χ4v) is 2.83. The Balaban J connectivity index is 2.20. The highest BCUT2D eigenvalue weighted by atomic mass is 32.1. The van der Waals surface area contributed by atoms with Gasteiger partial charge in [0.25, 0.3) is 0 Å². The lowest BCUT2D eigenvalue weighted by atomic mass is 9.86. The van der Waals surface area contributed by atoms with E-state index in [0.29, 0.717) is 10.7 Å². The molecule has 0 spiro atoms. The van der Waals surface area contributed by atoms with Crippen LogP contribution in [0.5, 0.6) is 0 Å². The third kappa shape index (κ3) is 3.78. The van der Waals surface area contributed by atoms with E-state index >= 15 is 0 Å². The van der Waals surface area contributed by atoms with Crippen LogP contribution in [0.3, 0.4) is 0 Å². The van der Waals surface area contributed by atoms with Crippen molar-refractivity contribution in [1.29, 1.82) is 0 Å². The summed E-state index contributed by atoms with van der Waals surface area (Å²) < 4.78 is 0.662. The summed E-state index contributed by atoms with van der Waals surface area (Å²) in [6, 6.07) is 2.49. The maximum absolute atomic E-state index is 5.28.